The molecular weight excluding hydrogens is 309 g/mol. The highest BCUT2D eigenvalue weighted by Crippen LogP contribution is 2.23. The molecule has 2 aromatic carbocycles. The molecule has 1 aliphatic rings. The molecule has 1 N–H and O–H groups in total. The second kappa shape index (κ2) is 6.83. The van der Waals surface area contributed by atoms with Gasteiger partial charge in [-0.25, -0.2) is 9.18 Å². The average Bonchev–Trinajstić information content (AvgIpc) is 3.04. The van der Waals surface area contributed by atoms with Crippen molar-refractivity contribution in [2.45, 2.75) is 32.3 Å². The van der Waals surface area contributed by atoms with Crippen molar-refractivity contribution in [2.75, 3.05) is 5.32 Å². The number of benzene rings is 2. The third kappa shape index (κ3) is 3.62. The Balaban J connectivity index is 1.61. The maximum absolute atomic E-state index is 12.9. The summed E-state index contributed by atoms with van der Waals surface area (Å²) in [4.78, 5) is 24.3. The van der Waals surface area contributed by atoms with E-state index in [1.165, 1.54) is 42.3 Å². The van der Waals surface area contributed by atoms with Crippen LogP contribution in [0.3, 0.4) is 0 Å². The lowest BCUT2D eigenvalue weighted by Crippen LogP contribution is -2.30. The van der Waals surface area contributed by atoms with Gasteiger partial charge in [0.15, 0.2) is 6.10 Å². The molecular formula is C19H18FNO3. The SMILES string of the molecule is C[C@H](OC(=O)c1ccc2c(c1)CCC2)C(=O)Nc1ccc(F)cc1. The summed E-state index contributed by atoms with van der Waals surface area (Å²) in [6.45, 7) is 1.50. The van der Waals surface area contributed by atoms with Gasteiger partial charge in [-0.05, 0) is 73.7 Å². The zero-order valence-corrected chi connectivity index (χ0v) is 13.3. The predicted molar refractivity (Wildman–Crippen MR) is 88.4 cm³/mol. The number of fused-ring (bicyclic) bond motifs is 1. The van der Waals surface area contributed by atoms with E-state index in [1.807, 2.05) is 12.1 Å². The Hall–Kier alpha value is -2.69. The van der Waals surface area contributed by atoms with E-state index >= 15 is 0 Å². The summed E-state index contributed by atoms with van der Waals surface area (Å²) in [5.41, 5.74) is 3.35. The fourth-order valence-corrected chi connectivity index (χ4v) is 2.76. The molecule has 3 rings (SSSR count). The summed E-state index contributed by atoms with van der Waals surface area (Å²) in [5, 5.41) is 2.58. The first-order valence-electron chi connectivity index (χ1n) is 7.92. The van der Waals surface area contributed by atoms with Crippen LogP contribution >= 0.6 is 0 Å². The van der Waals surface area contributed by atoms with E-state index in [2.05, 4.69) is 5.32 Å². The Labute approximate surface area is 139 Å². The number of halogens is 1. The zero-order valence-electron chi connectivity index (χ0n) is 13.3. The van der Waals surface area contributed by atoms with Crippen LogP contribution in [0.5, 0.6) is 0 Å². The van der Waals surface area contributed by atoms with Gasteiger partial charge in [0, 0.05) is 5.69 Å². The molecule has 4 nitrogen and oxygen atoms in total. The molecule has 0 radical (unpaired) electrons. The number of carbonyl (C=O) groups is 2. The largest absolute Gasteiger partial charge is 0.449 e. The topological polar surface area (TPSA) is 55.4 Å². The number of rotatable bonds is 4. The number of esters is 1. The van der Waals surface area contributed by atoms with Crippen molar-refractivity contribution in [3.63, 3.8) is 0 Å². The van der Waals surface area contributed by atoms with E-state index in [4.69, 9.17) is 4.74 Å². The van der Waals surface area contributed by atoms with Gasteiger partial charge < -0.3 is 10.1 Å². The molecule has 24 heavy (non-hydrogen) atoms. The van der Waals surface area contributed by atoms with Gasteiger partial charge in [0.25, 0.3) is 5.91 Å². The van der Waals surface area contributed by atoms with Crippen molar-refractivity contribution < 1.29 is 18.7 Å². The smallest absolute Gasteiger partial charge is 0.338 e. The average molecular weight is 327 g/mol. The number of hydrogen-bond acceptors (Lipinski definition) is 3. The summed E-state index contributed by atoms with van der Waals surface area (Å²) < 4.78 is 18.1. The Morgan fingerprint density at radius 3 is 2.54 bits per heavy atom. The second-order valence-electron chi connectivity index (χ2n) is 5.88. The number of nitrogens with one attached hydrogen (secondary N) is 1. The highest BCUT2D eigenvalue weighted by Gasteiger charge is 2.20. The number of anilines is 1. The van der Waals surface area contributed by atoms with Gasteiger partial charge >= 0.3 is 5.97 Å². The molecule has 1 aliphatic carbocycles. The van der Waals surface area contributed by atoms with Gasteiger partial charge in [-0.15, -0.1) is 0 Å². The van der Waals surface area contributed by atoms with Gasteiger partial charge in [-0.2, -0.15) is 0 Å². The summed E-state index contributed by atoms with van der Waals surface area (Å²) >= 11 is 0. The first kappa shape index (κ1) is 16.2. The van der Waals surface area contributed by atoms with Crippen LogP contribution in [-0.4, -0.2) is 18.0 Å². The predicted octanol–water partition coefficient (Wildman–Crippen LogP) is 3.50. The van der Waals surface area contributed by atoms with Gasteiger partial charge in [-0.1, -0.05) is 6.07 Å². The number of amides is 1. The van der Waals surface area contributed by atoms with Crippen LogP contribution in [0, 0.1) is 5.82 Å². The number of hydrogen-bond donors (Lipinski definition) is 1. The van der Waals surface area contributed by atoms with Gasteiger partial charge in [0.05, 0.1) is 5.56 Å². The molecule has 0 unspecified atom stereocenters. The molecule has 0 heterocycles. The second-order valence-corrected chi connectivity index (χ2v) is 5.88. The summed E-state index contributed by atoms with van der Waals surface area (Å²) in [6.07, 6.45) is 2.17. The lowest BCUT2D eigenvalue weighted by molar-refractivity contribution is -0.123. The monoisotopic (exact) mass is 327 g/mol. The highest BCUT2D eigenvalue weighted by atomic mass is 19.1. The van der Waals surface area contributed by atoms with Crippen LogP contribution in [0.1, 0.15) is 34.8 Å². The van der Waals surface area contributed by atoms with E-state index in [-0.39, 0.29) is 5.82 Å². The zero-order chi connectivity index (χ0) is 17.1. The highest BCUT2D eigenvalue weighted by molar-refractivity contribution is 5.97. The summed E-state index contributed by atoms with van der Waals surface area (Å²) in [6, 6.07) is 10.9. The normalized spacial score (nSPS) is 13.9. The molecule has 0 saturated heterocycles. The lowest BCUT2D eigenvalue weighted by Gasteiger charge is -2.14. The summed E-state index contributed by atoms with van der Waals surface area (Å²) in [7, 11) is 0. The van der Waals surface area contributed by atoms with Gasteiger partial charge in [0.2, 0.25) is 0 Å². The molecule has 2 aromatic rings. The fourth-order valence-electron chi connectivity index (χ4n) is 2.76. The van der Waals surface area contributed by atoms with Crippen LogP contribution in [0.4, 0.5) is 10.1 Å². The minimum Gasteiger partial charge on any atom is -0.449 e. The number of carbonyl (C=O) groups excluding carboxylic acids is 2. The molecule has 1 amide bonds. The lowest BCUT2D eigenvalue weighted by atomic mass is 10.1. The molecule has 1 atom stereocenters. The minimum absolute atomic E-state index is 0.385. The fraction of sp³-hybridized carbons (Fsp3) is 0.263. The Morgan fingerprint density at radius 1 is 1.08 bits per heavy atom. The number of aryl methyl sites for hydroxylation is 2. The summed E-state index contributed by atoms with van der Waals surface area (Å²) in [5.74, 6) is -1.37. The van der Waals surface area contributed by atoms with Gasteiger partial charge in [-0.3, -0.25) is 4.79 Å². The van der Waals surface area contributed by atoms with E-state index in [1.54, 1.807) is 6.07 Å². The minimum atomic E-state index is -0.948. The van der Waals surface area contributed by atoms with Crippen LogP contribution < -0.4 is 5.32 Å². The van der Waals surface area contributed by atoms with Crippen LogP contribution in [-0.2, 0) is 22.4 Å². The first-order valence-corrected chi connectivity index (χ1v) is 7.92. The maximum Gasteiger partial charge on any atom is 0.338 e. The molecule has 0 aromatic heterocycles. The third-order valence-corrected chi connectivity index (χ3v) is 4.10. The van der Waals surface area contributed by atoms with Crippen LogP contribution in [0.2, 0.25) is 0 Å². The standard InChI is InChI=1S/C19H18FNO3/c1-12(18(22)21-17-9-7-16(20)8-10-17)24-19(23)15-6-5-13-3-2-4-14(13)11-15/h5-12H,2-4H2,1H3,(H,21,22)/t12-/m0/s1. The van der Waals surface area contributed by atoms with Crippen molar-refractivity contribution >= 4 is 17.6 Å². The van der Waals surface area contributed by atoms with Crippen molar-refractivity contribution in [3.8, 4) is 0 Å². The number of ether oxygens (including phenoxy) is 1. The Morgan fingerprint density at radius 2 is 1.79 bits per heavy atom. The quantitative estimate of drug-likeness (QED) is 0.875. The van der Waals surface area contributed by atoms with Crippen LogP contribution in [0.15, 0.2) is 42.5 Å². The Kier molecular flexibility index (Phi) is 4.60. The molecule has 0 bridgehead atoms. The van der Waals surface area contributed by atoms with E-state index < -0.39 is 18.0 Å². The van der Waals surface area contributed by atoms with Crippen molar-refractivity contribution in [3.05, 3.63) is 65.0 Å². The van der Waals surface area contributed by atoms with Crippen molar-refractivity contribution in [1.29, 1.82) is 0 Å². The molecule has 5 heteroatoms. The Bertz CT molecular complexity index is 771. The van der Waals surface area contributed by atoms with Crippen LogP contribution in [0.25, 0.3) is 0 Å². The van der Waals surface area contributed by atoms with E-state index in [0.717, 1.165) is 19.3 Å². The maximum atomic E-state index is 12.9. The van der Waals surface area contributed by atoms with Gasteiger partial charge in [0.1, 0.15) is 5.82 Å². The molecule has 0 saturated carbocycles. The van der Waals surface area contributed by atoms with Crippen molar-refractivity contribution in [1.82, 2.24) is 0 Å². The first-order chi connectivity index (χ1) is 11.5. The molecule has 0 spiro atoms. The third-order valence-electron chi connectivity index (χ3n) is 4.10. The van der Waals surface area contributed by atoms with E-state index in [0.29, 0.717) is 11.3 Å². The molecule has 0 fully saturated rings. The van der Waals surface area contributed by atoms with E-state index in [9.17, 15) is 14.0 Å². The molecule has 124 valence electrons. The molecule has 0 aliphatic heterocycles. The van der Waals surface area contributed by atoms with Crippen molar-refractivity contribution in [2.24, 2.45) is 0 Å².